The van der Waals surface area contributed by atoms with Crippen molar-refractivity contribution in [2.75, 3.05) is 11.9 Å². The first-order valence-electron chi connectivity index (χ1n) is 8.39. The number of anilines is 1. The van der Waals surface area contributed by atoms with Crippen molar-refractivity contribution in [1.29, 1.82) is 0 Å². The molecule has 2 aromatic carbocycles. The third-order valence-corrected chi connectivity index (χ3v) is 5.01. The molecule has 1 N–H and O–H groups in total. The van der Waals surface area contributed by atoms with Gasteiger partial charge in [-0.15, -0.1) is 0 Å². The zero-order valence-corrected chi connectivity index (χ0v) is 15.5. The maximum absolute atomic E-state index is 5.55. The fraction of sp³-hybridized carbons (Fsp3) is 0.263. The molecule has 1 aromatic heterocycles. The van der Waals surface area contributed by atoms with Gasteiger partial charge in [0, 0.05) is 4.47 Å². The lowest BCUT2D eigenvalue weighted by Crippen LogP contribution is -2.28. The second kappa shape index (κ2) is 6.88. The molecule has 0 saturated heterocycles. The SMILES string of the molecule is CCOc1ccc(C2CC(c3ccc(Br)cc3)Nc3ncnn32)cc1. The van der Waals surface area contributed by atoms with E-state index in [4.69, 9.17) is 4.74 Å². The Balaban J connectivity index is 1.65. The zero-order chi connectivity index (χ0) is 17.2. The number of nitrogens with one attached hydrogen (secondary N) is 1. The summed E-state index contributed by atoms with van der Waals surface area (Å²) in [6, 6.07) is 17.0. The topological polar surface area (TPSA) is 52.0 Å². The fourth-order valence-corrected chi connectivity index (χ4v) is 3.53. The summed E-state index contributed by atoms with van der Waals surface area (Å²) in [6.07, 6.45) is 2.51. The molecule has 0 saturated carbocycles. The highest BCUT2D eigenvalue weighted by molar-refractivity contribution is 9.10. The van der Waals surface area contributed by atoms with Crippen LogP contribution in [0.15, 0.2) is 59.3 Å². The molecule has 1 aliphatic rings. The molecule has 0 aliphatic carbocycles. The van der Waals surface area contributed by atoms with E-state index >= 15 is 0 Å². The second-order valence-corrected chi connectivity index (χ2v) is 6.95. The fourth-order valence-electron chi connectivity index (χ4n) is 3.26. The Morgan fingerprint density at radius 1 is 1.12 bits per heavy atom. The van der Waals surface area contributed by atoms with Gasteiger partial charge >= 0.3 is 0 Å². The molecule has 25 heavy (non-hydrogen) atoms. The van der Waals surface area contributed by atoms with Crippen LogP contribution < -0.4 is 10.1 Å². The normalized spacial score (nSPS) is 19.1. The van der Waals surface area contributed by atoms with Gasteiger partial charge in [0.2, 0.25) is 5.95 Å². The van der Waals surface area contributed by atoms with E-state index in [-0.39, 0.29) is 12.1 Å². The molecule has 2 unspecified atom stereocenters. The van der Waals surface area contributed by atoms with Crippen LogP contribution in [0.1, 0.15) is 36.6 Å². The molecular formula is C19H19BrN4O. The van der Waals surface area contributed by atoms with E-state index in [9.17, 15) is 0 Å². The van der Waals surface area contributed by atoms with Crippen LogP contribution in [0.25, 0.3) is 0 Å². The molecule has 0 radical (unpaired) electrons. The highest BCUT2D eigenvalue weighted by Crippen LogP contribution is 2.37. The molecule has 5 nitrogen and oxygen atoms in total. The number of fused-ring (bicyclic) bond motifs is 1. The minimum Gasteiger partial charge on any atom is -0.494 e. The third-order valence-electron chi connectivity index (χ3n) is 4.48. The summed E-state index contributed by atoms with van der Waals surface area (Å²) in [7, 11) is 0. The lowest BCUT2D eigenvalue weighted by atomic mass is 9.93. The quantitative estimate of drug-likeness (QED) is 0.698. The second-order valence-electron chi connectivity index (χ2n) is 6.03. The van der Waals surface area contributed by atoms with Crippen molar-refractivity contribution in [1.82, 2.24) is 14.8 Å². The van der Waals surface area contributed by atoms with Gasteiger partial charge in [-0.3, -0.25) is 0 Å². The smallest absolute Gasteiger partial charge is 0.222 e. The van der Waals surface area contributed by atoms with Crippen LogP contribution in [0, 0.1) is 0 Å². The maximum atomic E-state index is 5.55. The molecule has 0 amide bonds. The van der Waals surface area contributed by atoms with Gasteiger partial charge in [-0.05, 0) is 48.7 Å². The van der Waals surface area contributed by atoms with Crippen molar-refractivity contribution in [2.45, 2.75) is 25.4 Å². The number of benzene rings is 2. The molecule has 2 heterocycles. The largest absolute Gasteiger partial charge is 0.494 e. The number of hydrogen-bond donors (Lipinski definition) is 1. The Morgan fingerprint density at radius 2 is 1.84 bits per heavy atom. The zero-order valence-electron chi connectivity index (χ0n) is 13.9. The minimum atomic E-state index is 0.142. The summed E-state index contributed by atoms with van der Waals surface area (Å²) in [5, 5.41) is 7.91. The van der Waals surface area contributed by atoms with Gasteiger partial charge in [-0.2, -0.15) is 10.1 Å². The highest BCUT2D eigenvalue weighted by atomic mass is 79.9. The summed E-state index contributed by atoms with van der Waals surface area (Å²) < 4.78 is 8.60. The number of halogens is 1. The third kappa shape index (κ3) is 3.26. The van der Waals surface area contributed by atoms with Crippen molar-refractivity contribution in [3.8, 4) is 5.75 Å². The Morgan fingerprint density at radius 3 is 2.56 bits per heavy atom. The van der Waals surface area contributed by atoms with Gasteiger partial charge in [-0.1, -0.05) is 40.2 Å². The Labute approximate surface area is 155 Å². The van der Waals surface area contributed by atoms with Gasteiger partial charge in [-0.25, -0.2) is 4.68 Å². The molecule has 4 rings (SSSR count). The predicted molar refractivity (Wildman–Crippen MR) is 101 cm³/mol. The number of nitrogens with zero attached hydrogens (tertiary/aromatic N) is 3. The van der Waals surface area contributed by atoms with E-state index in [2.05, 4.69) is 67.7 Å². The van der Waals surface area contributed by atoms with Gasteiger partial charge < -0.3 is 10.1 Å². The van der Waals surface area contributed by atoms with E-state index < -0.39 is 0 Å². The number of hydrogen-bond acceptors (Lipinski definition) is 4. The molecule has 3 aromatic rings. The molecular weight excluding hydrogens is 380 g/mol. The standard InChI is InChI=1S/C19H19BrN4O/c1-2-25-16-9-5-14(6-10-16)18-11-17(13-3-7-15(20)8-4-13)23-19-21-12-22-24(18)19/h3-10,12,17-18H,2,11H2,1H3,(H,21,22,23). The summed E-state index contributed by atoms with van der Waals surface area (Å²) in [5.41, 5.74) is 2.45. The molecule has 1 aliphatic heterocycles. The average Bonchev–Trinajstić information content (AvgIpc) is 3.11. The Hall–Kier alpha value is -2.34. The van der Waals surface area contributed by atoms with E-state index in [1.54, 1.807) is 6.33 Å². The summed E-state index contributed by atoms with van der Waals surface area (Å²) in [5.74, 6) is 1.70. The maximum Gasteiger partial charge on any atom is 0.222 e. The van der Waals surface area contributed by atoms with Gasteiger partial charge in [0.15, 0.2) is 0 Å². The molecule has 2 atom stereocenters. The van der Waals surface area contributed by atoms with Crippen molar-refractivity contribution in [3.05, 3.63) is 70.5 Å². The van der Waals surface area contributed by atoms with E-state index in [1.165, 1.54) is 11.1 Å². The van der Waals surface area contributed by atoms with Crippen LogP contribution >= 0.6 is 15.9 Å². The number of ether oxygens (including phenoxy) is 1. The Kier molecular flexibility index (Phi) is 4.44. The van der Waals surface area contributed by atoms with E-state index in [0.717, 1.165) is 22.6 Å². The van der Waals surface area contributed by atoms with Gasteiger partial charge in [0.05, 0.1) is 18.7 Å². The molecule has 0 spiro atoms. The van der Waals surface area contributed by atoms with Crippen molar-refractivity contribution >= 4 is 21.9 Å². The van der Waals surface area contributed by atoms with Gasteiger partial charge in [0.25, 0.3) is 0 Å². The predicted octanol–water partition coefficient (Wildman–Crippen LogP) is 4.59. The van der Waals surface area contributed by atoms with Crippen molar-refractivity contribution in [3.63, 3.8) is 0 Å². The van der Waals surface area contributed by atoms with Crippen LogP contribution in [0.5, 0.6) is 5.75 Å². The van der Waals surface area contributed by atoms with Crippen molar-refractivity contribution < 1.29 is 4.74 Å². The first-order chi connectivity index (χ1) is 12.2. The lowest BCUT2D eigenvalue weighted by Gasteiger charge is -2.32. The Bertz CT molecular complexity index is 845. The van der Waals surface area contributed by atoms with E-state index in [0.29, 0.717) is 6.61 Å². The lowest BCUT2D eigenvalue weighted by molar-refractivity contribution is 0.340. The molecule has 6 heteroatoms. The highest BCUT2D eigenvalue weighted by Gasteiger charge is 2.29. The van der Waals surface area contributed by atoms with Crippen LogP contribution in [0.3, 0.4) is 0 Å². The van der Waals surface area contributed by atoms with E-state index in [1.807, 2.05) is 23.7 Å². The molecule has 0 bridgehead atoms. The summed E-state index contributed by atoms with van der Waals surface area (Å²) in [6.45, 7) is 2.66. The first-order valence-corrected chi connectivity index (χ1v) is 9.18. The monoisotopic (exact) mass is 398 g/mol. The number of aromatic nitrogens is 3. The van der Waals surface area contributed by atoms with Gasteiger partial charge in [0.1, 0.15) is 12.1 Å². The van der Waals surface area contributed by atoms with Crippen LogP contribution in [-0.2, 0) is 0 Å². The summed E-state index contributed by atoms with van der Waals surface area (Å²) in [4.78, 5) is 4.38. The van der Waals surface area contributed by atoms with Crippen molar-refractivity contribution in [2.24, 2.45) is 0 Å². The van der Waals surface area contributed by atoms with Crippen LogP contribution in [-0.4, -0.2) is 21.4 Å². The average molecular weight is 399 g/mol. The number of rotatable bonds is 4. The molecule has 0 fully saturated rings. The van der Waals surface area contributed by atoms with Crippen LogP contribution in [0.2, 0.25) is 0 Å². The van der Waals surface area contributed by atoms with Crippen LogP contribution in [0.4, 0.5) is 5.95 Å². The summed E-state index contributed by atoms with van der Waals surface area (Å²) >= 11 is 3.50. The minimum absolute atomic E-state index is 0.142. The first kappa shape index (κ1) is 16.1. The molecule has 128 valence electrons.